The molecule has 0 radical (unpaired) electrons. The number of halogens is 7. The molecule has 0 amide bonds. The van der Waals surface area contributed by atoms with Crippen LogP contribution in [0, 0.1) is 0 Å². The first-order valence-corrected chi connectivity index (χ1v) is 7.93. The summed E-state index contributed by atoms with van der Waals surface area (Å²) in [6, 6.07) is 8.68. The Kier molecular flexibility index (Phi) is 5.16. The van der Waals surface area contributed by atoms with Crippen LogP contribution in [0.3, 0.4) is 0 Å². The second kappa shape index (κ2) is 7.27. The number of alkyl halides is 6. The first kappa shape index (κ1) is 19.9. The van der Waals surface area contributed by atoms with Crippen LogP contribution < -0.4 is 5.43 Å². The Labute approximate surface area is 158 Å². The third-order valence-corrected chi connectivity index (χ3v) is 3.78. The average Bonchev–Trinajstić information content (AvgIpc) is 2.60. The molecule has 2 heterocycles. The minimum atomic E-state index is -5.05. The molecule has 0 aliphatic carbocycles. The maximum atomic E-state index is 13.1. The largest absolute Gasteiger partial charge is 0.433 e. The van der Waals surface area contributed by atoms with Crippen molar-refractivity contribution in [2.24, 2.45) is 5.10 Å². The van der Waals surface area contributed by atoms with Gasteiger partial charge in [0.15, 0.2) is 5.65 Å². The highest BCUT2D eigenvalue weighted by Crippen LogP contribution is 2.38. The number of nitrogens with one attached hydrogen (secondary N) is 1. The molecule has 3 aromatic rings. The molecule has 0 unspecified atom stereocenters. The van der Waals surface area contributed by atoms with Crippen LogP contribution in [0.5, 0.6) is 0 Å². The number of hydrazone groups is 1. The molecule has 11 heteroatoms. The zero-order valence-corrected chi connectivity index (χ0v) is 14.4. The number of rotatable bonds is 3. The number of hydrogen-bond donors (Lipinski definition) is 1. The molecule has 0 aliphatic heterocycles. The van der Waals surface area contributed by atoms with Gasteiger partial charge in [-0.05, 0) is 35.9 Å². The Morgan fingerprint density at radius 3 is 2.18 bits per heavy atom. The summed E-state index contributed by atoms with van der Waals surface area (Å²) >= 11 is 5.75. The number of pyridine rings is 2. The summed E-state index contributed by atoms with van der Waals surface area (Å²) in [6.45, 7) is 0. The first-order valence-electron chi connectivity index (χ1n) is 7.55. The van der Waals surface area contributed by atoms with Gasteiger partial charge in [-0.1, -0.05) is 23.7 Å². The SMILES string of the molecule is FC(F)(F)c1cc(C(F)(F)F)c2ccc(N/N=C\c3ccc(Cl)cc3)nc2n1. The van der Waals surface area contributed by atoms with Gasteiger partial charge in [-0.2, -0.15) is 31.4 Å². The second-order valence-corrected chi connectivity index (χ2v) is 5.98. The number of aromatic nitrogens is 2. The van der Waals surface area contributed by atoms with E-state index in [9.17, 15) is 26.3 Å². The molecule has 146 valence electrons. The van der Waals surface area contributed by atoms with Crippen LogP contribution in [0.25, 0.3) is 11.0 Å². The number of hydrogen-bond acceptors (Lipinski definition) is 4. The van der Waals surface area contributed by atoms with Gasteiger partial charge in [0, 0.05) is 10.4 Å². The summed E-state index contributed by atoms with van der Waals surface area (Å²) in [7, 11) is 0. The lowest BCUT2D eigenvalue weighted by molar-refractivity contribution is -0.144. The maximum absolute atomic E-state index is 13.1. The summed E-state index contributed by atoms with van der Waals surface area (Å²) in [6.07, 6.45) is -8.67. The standard InChI is InChI=1S/C17H9ClF6N4/c18-10-3-1-9(2-4-10)8-25-28-14-6-5-11-12(16(19,20)21)7-13(17(22,23)24)26-15(11)27-14/h1-8H,(H,26,27,28)/b25-8-. The van der Waals surface area contributed by atoms with Crippen LogP contribution in [-0.2, 0) is 12.4 Å². The number of benzene rings is 1. The van der Waals surface area contributed by atoms with Crippen molar-refractivity contribution in [3.8, 4) is 0 Å². The topological polar surface area (TPSA) is 50.2 Å². The van der Waals surface area contributed by atoms with Crippen molar-refractivity contribution in [3.63, 3.8) is 0 Å². The van der Waals surface area contributed by atoms with Crippen LogP contribution in [-0.4, -0.2) is 16.2 Å². The third-order valence-electron chi connectivity index (χ3n) is 3.53. The van der Waals surface area contributed by atoms with E-state index in [0.717, 1.165) is 12.1 Å². The molecule has 1 aromatic carbocycles. The van der Waals surface area contributed by atoms with Crippen LogP contribution in [0.15, 0.2) is 47.6 Å². The van der Waals surface area contributed by atoms with Crippen LogP contribution in [0.2, 0.25) is 5.02 Å². The van der Waals surface area contributed by atoms with Crippen LogP contribution in [0.1, 0.15) is 16.8 Å². The summed E-state index contributed by atoms with van der Waals surface area (Å²) in [5, 5.41) is 3.81. The predicted molar refractivity (Wildman–Crippen MR) is 92.2 cm³/mol. The molecule has 0 bridgehead atoms. The van der Waals surface area contributed by atoms with Gasteiger partial charge >= 0.3 is 12.4 Å². The van der Waals surface area contributed by atoms with Crippen molar-refractivity contribution in [3.05, 3.63) is 64.3 Å². The molecule has 3 rings (SSSR count). The molecule has 0 spiro atoms. The van der Waals surface area contributed by atoms with Gasteiger partial charge in [0.05, 0.1) is 11.8 Å². The maximum Gasteiger partial charge on any atom is 0.433 e. The van der Waals surface area contributed by atoms with E-state index >= 15 is 0 Å². The molecule has 1 N–H and O–H groups in total. The van der Waals surface area contributed by atoms with Gasteiger partial charge in [0.25, 0.3) is 0 Å². The van der Waals surface area contributed by atoms with Gasteiger partial charge in [0.2, 0.25) is 0 Å². The Morgan fingerprint density at radius 2 is 1.57 bits per heavy atom. The fourth-order valence-electron chi connectivity index (χ4n) is 2.27. The van der Waals surface area contributed by atoms with Gasteiger partial charge < -0.3 is 0 Å². The van der Waals surface area contributed by atoms with E-state index in [0.29, 0.717) is 10.6 Å². The lowest BCUT2D eigenvalue weighted by atomic mass is 10.1. The van der Waals surface area contributed by atoms with Crippen molar-refractivity contribution < 1.29 is 26.3 Å². The van der Waals surface area contributed by atoms with Gasteiger partial charge in [-0.3, -0.25) is 5.43 Å². The summed E-state index contributed by atoms with van der Waals surface area (Å²) < 4.78 is 78.1. The minimum absolute atomic E-state index is 0.0319. The van der Waals surface area contributed by atoms with E-state index in [2.05, 4.69) is 20.5 Å². The van der Waals surface area contributed by atoms with E-state index < -0.39 is 34.6 Å². The van der Waals surface area contributed by atoms with E-state index in [4.69, 9.17) is 11.6 Å². The molecule has 28 heavy (non-hydrogen) atoms. The van der Waals surface area contributed by atoms with Crippen molar-refractivity contribution in [1.82, 2.24) is 9.97 Å². The Hall–Kier alpha value is -2.88. The third kappa shape index (κ3) is 4.50. The molecule has 0 atom stereocenters. The smallest absolute Gasteiger partial charge is 0.261 e. The Bertz CT molecular complexity index is 1030. The number of fused-ring (bicyclic) bond motifs is 1. The highest BCUT2D eigenvalue weighted by Gasteiger charge is 2.39. The van der Waals surface area contributed by atoms with Gasteiger partial charge in [0.1, 0.15) is 11.5 Å². The average molecular weight is 419 g/mol. The second-order valence-electron chi connectivity index (χ2n) is 5.54. The highest BCUT2D eigenvalue weighted by atomic mass is 35.5. The molecular weight excluding hydrogens is 410 g/mol. The minimum Gasteiger partial charge on any atom is -0.261 e. The quantitative estimate of drug-likeness (QED) is 0.334. The summed E-state index contributed by atoms with van der Waals surface area (Å²) in [5.41, 5.74) is -0.743. The highest BCUT2D eigenvalue weighted by molar-refractivity contribution is 6.30. The van der Waals surface area contributed by atoms with Gasteiger partial charge in [-0.15, -0.1) is 0 Å². The zero-order chi connectivity index (χ0) is 20.5. The van der Waals surface area contributed by atoms with Crippen molar-refractivity contribution in [2.75, 3.05) is 5.43 Å². The monoisotopic (exact) mass is 418 g/mol. The van der Waals surface area contributed by atoms with E-state index in [-0.39, 0.29) is 11.9 Å². The normalized spacial score (nSPS) is 12.7. The molecule has 0 fully saturated rings. The number of nitrogens with zero attached hydrogens (tertiary/aromatic N) is 3. The zero-order valence-electron chi connectivity index (χ0n) is 13.6. The first-order chi connectivity index (χ1) is 13.0. The Morgan fingerprint density at radius 1 is 0.893 bits per heavy atom. The predicted octanol–water partition coefficient (Wildman–Crippen LogP) is 5.77. The van der Waals surface area contributed by atoms with E-state index in [1.54, 1.807) is 24.3 Å². The van der Waals surface area contributed by atoms with Gasteiger partial charge in [-0.25, -0.2) is 9.97 Å². The fraction of sp³-hybridized carbons (Fsp3) is 0.118. The molecular formula is C17H9ClF6N4. The number of anilines is 1. The summed E-state index contributed by atoms with van der Waals surface area (Å²) in [4.78, 5) is 6.93. The molecule has 0 saturated carbocycles. The molecule has 4 nitrogen and oxygen atoms in total. The molecule has 0 saturated heterocycles. The summed E-state index contributed by atoms with van der Waals surface area (Å²) in [5.74, 6) is -0.0716. The molecule has 0 aliphatic rings. The van der Waals surface area contributed by atoms with E-state index in [1.807, 2.05) is 0 Å². The van der Waals surface area contributed by atoms with Crippen molar-refractivity contribution in [2.45, 2.75) is 12.4 Å². The lowest BCUT2D eigenvalue weighted by Gasteiger charge is -2.14. The van der Waals surface area contributed by atoms with Crippen molar-refractivity contribution >= 4 is 34.7 Å². The van der Waals surface area contributed by atoms with Crippen LogP contribution >= 0.6 is 11.6 Å². The fourth-order valence-corrected chi connectivity index (χ4v) is 2.39. The Balaban J connectivity index is 1.96. The van der Waals surface area contributed by atoms with Crippen molar-refractivity contribution in [1.29, 1.82) is 0 Å². The van der Waals surface area contributed by atoms with Crippen LogP contribution in [0.4, 0.5) is 32.2 Å². The van der Waals surface area contributed by atoms with E-state index in [1.165, 1.54) is 6.21 Å². The lowest BCUT2D eigenvalue weighted by Crippen LogP contribution is -2.14. The molecule has 2 aromatic heterocycles.